The summed E-state index contributed by atoms with van der Waals surface area (Å²) in [5, 5.41) is 9.85. The number of halogens is 1. The van der Waals surface area contributed by atoms with Crippen LogP contribution >= 0.6 is 0 Å². The monoisotopic (exact) mass is 330 g/mol. The van der Waals surface area contributed by atoms with Gasteiger partial charge in [-0.3, -0.25) is 4.90 Å². The van der Waals surface area contributed by atoms with E-state index in [9.17, 15) is 4.39 Å². The van der Waals surface area contributed by atoms with Crippen LogP contribution < -0.4 is 4.90 Å². The lowest BCUT2D eigenvalue weighted by molar-refractivity contribution is 0.626. The number of benzene rings is 2. The van der Waals surface area contributed by atoms with E-state index in [1.54, 1.807) is 24.7 Å². The van der Waals surface area contributed by atoms with Gasteiger partial charge in [0.1, 0.15) is 11.6 Å². The Morgan fingerprint density at radius 1 is 0.880 bits per heavy atom. The molecule has 0 saturated heterocycles. The number of hydrogen-bond donors (Lipinski definition) is 0. The molecule has 122 valence electrons. The molecule has 25 heavy (non-hydrogen) atoms. The van der Waals surface area contributed by atoms with Gasteiger partial charge < -0.3 is 0 Å². The number of aromatic nitrogens is 3. The highest BCUT2D eigenvalue weighted by molar-refractivity contribution is 5.88. The Bertz CT molecular complexity index is 1030. The second-order valence-corrected chi connectivity index (χ2v) is 5.76. The second-order valence-electron chi connectivity index (χ2n) is 5.76. The Balaban J connectivity index is 1.93. The Labute approximate surface area is 144 Å². The molecule has 5 heteroatoms. The van der Waals surface area contributed by atoms with E-state index in [0.29, 0.717) is 0 Å². The van der Waals surface area contributed by atoms with E-state index in [1.807, 2.05) is 48.2 Å². The zero-order chi connectivity index (χ0) is 17.2. The third-order valence-corrected chi connectivity index (χ3v) is 4.07. The minimum Gasteiger partial charge on any atom is -0.295 e. The van der Waals surface area contributed by atoms with Crippen LogP contribution in [0.5, 0.6) is 0 Å². The van der Waals surface area contributed by atoms with Gasteiger partial charge in [-0.1, -0.05) is 12.1 Å². The van der Waals surface area contributed by atoms with Crippen molar-refractivity contribution >= 4 is 28.0 Å². The summed E-state index contributed by atoms with van der Waals surface area (Å²) in [6.45, 7) is 1.89. The molecule has 0 fully saturated rings. The third-order valence-electron chi connectivity index (χ3n) is 4.07. The van der Waals surface area contributed by atoms with Gasteiger partial charge in [-0.05, 0) is 55.0 Å². The molecule has 0 amide bonds. The van der Waals surface area contributed by atoms with Gasteiger partial charge in [0.25, 0.3) is 0 Å². The van der Waals surface area contributed by atoms with E-state index in [1.165, 1.54) is 12.1 Å². The van der Waals surface area contributed by atoms with E-state index >= 15 is 0 Å². The summed E-state index contributed by atoms with van der Waals surface area (Å²) in [6.07, 6.45) is 5.20. The van der Waals surface area contributed by atoms with Crippen LogP contribution in [-0.4, -0.2) is 15.2 Å². The SMILES string of the molecule is Cc1cc(F)ccc1N(c1ccc2cnncc2c1)c1ccccn1. The predicted octanol–water partition coefficient (Wildman–Crippen LogP) is 4.94. The third kappa shape index (κ3) is 2.92. The molecule has 0 spiro atoms. The summed E-state index contributed by atoms with van der Waals surface area (Å²) in [4.78, 5) is 6.49. The normalized spacial score (nSPS) is 10.8. The maximum atomic E-state index is 13.6. The minimum absolute atomic E-state index is 0.254. The number of fused-ring (bicyclic) bond motifs is 1. The Morgan fingerprint density at radius 3 is 2.48 bits per heavy atom. The Kier molecular flexibility index (Phi) is 3.82. The molecule has 0 N–H and O–H groups in total. The van der Waals surface area contributed by atoms with E-state index in [-0.39, 0.29) is 5.82 Å². The first-order chi connectivity index (χ1) is 12.2. The van der Waals surface area contributed by atoms with Crippen molar-refractivity contribution in [3.63, 3.8) is 0 Å². The van der Waals surface area contributed by atoms with Crippen LogP contribution in [0.3, 0.4) is 0 Å². The summed E-state index contributed by atoms with van der Waals surface area (Å²) in [6, 6.07) is 16.5. The molecular formula is C20H15FN4. The second kappa shape index (κ2) is 6.28. The molecule has 4 nitrogen and oxygen atoms in total. The van der Waals surface area contributed by atoms with E-state index in [4.69, 9.17) is 0 Å². The Hall–Kier alpha value is -3.34. The van der Waals surface area contributed by atoms with Gasteiger partial charge in [0.05, 0.1) is 18.1 Å². The molecule has 0 aliphatic rings. The molecule has 0 aliphatic carbocycles. The summed E-state index contributed by atoms with van der Waals surface area (Å²) in [7, 11) is 0. The van der Waals surface area contributed by atoms with Crippen molar-refractivity contribution in [2.75, 3.05) is 4.90 Å². The summed E-state index contributed by atoms with van der Waals surface area (Å²) >= 11 is 0. The maximum absolute atomic E-state index is 13.6. The molecule has 0 aliphatic heterocycles. The average Bonchev–Trinajstić information content (AvgIpc) is 2.64. The molecule has 0 bridgehead atoms. The van der Waals surface area contributed by atoms with Gasteiger partial charge >= 0.3 is 0 Å². The van der Waals surface area contributed by atoms with Crippen LogP contribution in [0, 0.1) is 12.7 Å². The van der Waals surface area contributed by atoms with Crippen molar-refractivity contribution in [1.29, 1.82) is 0 Å². The van der Waals surface area contributed by atoms with Crippen molar-refractivity contribution in [2.45, 2.75) is 6.92 Å². The molecule has 4 aromatic rings. The lowest BCUT2D eigenvalue weighted by atomic mass is 10.1. The van der Waals surface area contributed by atoms with Crippen LogP contribution in [0.15, 0.2) is 73.2 Å². The van der Waals surface area contributed by atoms with Gasteiger partial charge in [0.15, 0.2) is 0 Å². The molecule has 4 rings (SSSR count). The number of hydrogen-bond acceptors (Lipinski definition) is 4. The molecule has 0 saturated carbocycles. The van der Waals surface area contributed by atoms with Gasteiger partial charge in [0, 0.05) is 22.7 Å². The van der Waals surface area contributed by atoms with Crippen molar-refractivity contribution in [3.8, 4) is 0 Å². The maximum Gasteiger partial charge on any atom is 0.137 e. The van der Waals surface area contributed by atoms with Gasteiger partial charge in [0.2, 0.25) is 0 Å². The van der Waals surface area contributed by atoms with Crippen molar-refractivity contribution in [3.05, 3.63) is 84.6 Å². The highest BCUT2D eigenvalue weighted by atomic mass is 19.1. The van der Waals surface area contributed by atoms with Crippen LogP contribution in [0.1, 0.15) is 5.56 Å². The fourth-order valence-electron chi connectivity index (χ4n) is 2.87. The van der Waals surface area contributed by atoms with E-state index in [0.717, 1.165) is 33.5 Å². The van der Waals surface area contributed by atoms with Crippen LogP contribution in [-0.2, 0) is 0 Å². The van der Waals surface area contributed by atoms with Gasteiger partial charge in [-0.25, -0.2) is 9.37 Å². The van der Waals surface area contributed by atoms with Crippen LogP contribution in [0.2, 0.25) is 0 Å². The predicted molar refractivity (Wildman–Crippen MR) is 96.7 cm³/mol. The quantitative estimate of drug-likeness (QED) is 0.533. The molecule has 2 heterocycles. The van der Waals surface area contributed by atoms with E-state index in [2.05, 4.69) is 15.2 Å². The minimum atomic E-state index is -0.254. The van der Waals surface area contributed by atoms with Crippen molar-refractivity contribution in [1.82, 2.24) is 15.2 Å². The van der Waals surface area contributed by atoms with E-state index < -0.39 is 0 Å². The smallest absolute Gasteiger partial charge is 0.137 e. The van der Waals surface area contributed by atoms with Crippen molar-refractivity contribution in [2.24, 2.45) is 0 Å². The first-order valence-electron chi connectivity index (χ1n) is 7.90. The summed E-state index contributed by atoms with van der Waals surface area (Å²) in [5.41, 5.74) is 2.63. The van der Waals surface area contributed by atoms with Crippen LogP contribution in [0.4, 0.5) is 21.6 Å². The molecule has 0 atom stereocenters. The lowest BCUT2D eigenvalue weighted by Gasteiger charge is -2.26. The molecule has 0 radical (unpaired) electrons. The standard InChI is InChI=1S/C20H15FN4/c1-14-10-17(21)6-8-19(14)25(20-4-2-3-9-22-20)18-7-5-15-12-23-24-13-16(15)11-18/h2-13H,1H3. The molecule has 2 aromatic carbocycles. The average molecular weight is 330 g/mol. The number of pyridine rings is 1. The van der Waals surface area contributed by atoms with Gasteiger partial charge in [-0.15, -0.1) is 0 Å². The summed E-state index contributed by atoms with van der Waals surface area (Å²) in [5.74, 6) is 0.509. The number of nitrogens with zero attached hydrogens (tertiary/aromatic N) is 4. The number of rotatable bonds is 3. The highest BCUT2D eigenvalue weighted by Gasteiger charge is 2.16. The molecular weight excluding hydrogens is 315 g/mol. The van der Waals surface area contributed by atoms with Gasteiger partial charge in [-0.2, -0.15) is 10.2 Å². The highest BCUT2D eigenvalue weighted by Crippen LogP contribution is 2.36. The largest absolute Gasteiger partial charge is 0.295 e. The lowest BCUT2D eigenvalue weighted by Crippen LogP contribution is -2.12. The fourth-order valence-corrected chi connectivity index (χ4v) is 2.87. The number of anilines is 3. The first kappa shape index (κ1) is 15.2. The number of aryl methyl sites for hydroxylation is 1. The first-order valence-corrected chi connectivity index (χ1v) is 7.90. The topological polar surface area (TPSA) is 41.9 Å². The molecule has 0 unspecified atom stereocenters. The van der Waals surface area contributed by atoms with Crippen molar-refractivity contribution < 1.29 is 4.39 Å². The Morgan fingerprint density at radius 2 is 1.72 bits per heavy atom. The molecule has 2 aromatic heterocycles. The zero-order valence-electron chi connectivity index (χ0n) is 13.6. The van der Waals surface area contributed by atoms with Crippen LogP contribution in [0.25, 0.3) is 10.8 Å². The zero-order valence-corrected chi connectivity index (χ0v) is 13.6. The fraction of sp³-hybridized carbons (Fsp3) is 0.0500. The summed E-state index contributed by atoms with van der Waals surface area (Å²) < 4.78 is 13.6.